The SMILES string of the molecule is CCC(C)c1ccc(C(=O)OCC(=O)OC(C)(C)C)cc1.CCC(C)c1ccc(C(=O)OCCCC(=O)OC(C)(C)C)cc1.CCC(C)c1cccc(C(=O)OC(C)C(=O)OC(C)(C)C)c1.CCC(C)c1cccc(C(=O)OCC(=O)OC(C)(C)CC)c1.CCC(C)c1ccccc1OCC(=O)OC(C)(C)C. The van der Waals surface area contributed by atoms with Gasteiger partial charge in [0.05, 0.1) is 28.9 Å². The Kier molecular flexibility index (Phi) is 42.3. The van der Waals surface area contributed by atoms with Gasteiger partial charge >= 0.3 is 53.7 Å². The lowest BCUT2D eigenvalue weighted by Crippen LogP contribution is -2.33. The molecule has 6 unspecified atom stereocenters. The van der Waals surface area contributed by atoms with E-state index in [-0.39, 0.29) is 50.8 Å². The Balaban J connectivity index is 0.000000670. The number of esters is 9. The zero-order valence-electron chi connectivity index (χ0n) is 69.3. The Morgan fingerprint density at radius 3 is 1.12 bits per heavy atom. The van der Waals surface area contributed by atoms with Crippen molar-refractivity contribution in [2.24, 2.45) is 0 Å². The van der Waals surface area contributed by atoms with Gasteiger partial charge in [-0.05, 0) is 261 Å². The lowest BCUT2D eigenvalue weighted by Gasteiger charge is -2.23. The number of hydrogen-bond acceptors (Lipinski definition) is 19. The zero-order chi connectivity index (χ0) is 81.6. The maximum absolute atomic E-state index is 12.2. The second-order valence-corrected chi connectivity index (χ2v) is 31.2. The van der Waals surface area contributed by atoms with E-state index in [0.717, 1.165) is 54.5 Å². The topological polar surface area (TPSA) is 246 Å². The van der Waals surface area contributed by atoms with E-state index in [2.05, 4.69) is 69.2 Å². The van der Waals surface area contributed by atoms with Crippen LogP contribution in [0.4, 0.5) is 0 Å². The van der Waals surface area contributed by atoms with Crippen molar-refractivity contribution in [3.05, 3.63) is 171 Å². The van der Waals surface area contributed by atoms with E-state index in [1.165, 1.54) is 18.1 Å². The minimum absolute atomic E-state index is 0.0509. The van der Waals surface area contributed by atoms with E-state index >= 15 is 0 Å². The largest absolute Gasteiger partial charge is 0.482 e. The van der Waals surface area contributed by atoms with Crippen LogP contribution in [0.1, 0.15) is 330 Å². The van der Waals surface area contributed by atoms with Gasteiger partial charge in [0, 0.05) is 6.42 Å². The van der Waals surface area contributed by atoms with Gasteiger partial charge in [0.2, 0.25) is 0 Å². The summed E-state index contributed by atoms with van der Waals surface area (Å²) < 4.78 is 51.9. The van der Waals surface area contributed by atoms with Gasteiger partial charge in [0.1, 0.15) is 33.8 Å². The summed E-state index contributed by atoms with van der Waals surface area (Å²) in [5, 5.41) is 0. The monoisotopic (exact) mass is 1490 g/mol. The molecule has 0 aliphatic carbocycles. The number of ether oxygens (including phenoxy) is 10. The van der Waals surface area contributed by atoms with E-state index in [0.29, 0.717) is 64.7 Å². The van der Waals surface area contributed by atoms with Crippen LogP contribution in [0.2, 0.25) is 0 Å². The van der Waals surface area contributed by atoms with Crippen LogP contribution < -0.4 is 4.74 Å². The van der Waals surface area contributed by atoms with Crippen molar-refractivity contribution in [3.8, 4) is 5.75 Å². The quantitative estimate of drug-likeness (QED) is 0.0245. The van der Waals surface area contributed by atoms with E-state index < -0.39 is 69.9 Å². The fourth-order valence-corrected chi connectivity index (χ4v) is 9.24. The number of hydrogen-bond donors (Lipinski definition) is 0. The van der Waals surface area contributed by atoms with Crippen LogP contribution in [-0.4, -0.2) is 114 Å². The third-order valence-electron chi connectivity index (χ3n) is 16.6. The summed E-state index contributed by atoms with van der Waals surface area (Å²) in [5.74, 6) is -1.26. The molecule has 0 amide bonds. The predicted molar refractivity (Wildman–Crippen MR) is 420 cm³/mol. The molecule has 0 aliphatic rings. The molecule has 0 saturated carbocycles. The highest BCUT2D eigenvalue weighted by molar-refractivity contribution is 5.93. The Hall–Kier alpha value is -8.87. The van der Waals surface area contributed by atoms with Gasteiger partial charge in [-0.15, -0.1) is 0 Å². The number of carbonyl (C=O) groups excluding carboxylic acids is 9. The molecule has 0 spiro atoms. The van der Waals surface area contributed by atoms with E-state index in [1.54, 1.807) is 77.9 Å². The molecule has 0 saturated heterocycles. The highest BCUT2D eigenvalue weighted by atomic mass is 16.6. The van der Waals surface area contributed by atoms with Crippen LogP contribution in [0.3, 0.4) is 0 Å². The first-order valence-corrected chi connectivity index (χ1v) is 37.7. The molecule has 19 heteroatoms. The van der Waals surface area contributed by atoms with Gasteiger partial charge in [-0.25, -0.2) is 38.4 Å². The molecular formula is C88H128O19. The lowest BCUT2D eigenvalue weighted by molar-refractivity contribution is -0.164. The number of benzene rings is 5. The van der Waals surface area contributed by atoms with E-state index in [1.807, 2.05) is 147 Å². The van der Waals surface area contributed by atoms with Crippen molar-refractivity contribution in [3.63, 3.8) is 0 Å². The van der Waals surface area contributed by atoms with E-state index in [9.17, 15) is 43.2 Å². The standard InChI is InChI=1S/C19H28O4.2C18H26O4.C17H24O4.C16H24O3/c1-6-14(2)15-9-11-16(12-10-15)18(21)22-13-7-8-17(20)23-19(3,4)5;1-7-12(2)14-9-8-10-15(11-14)17(20)21-13(3)16(19)22-18(4,5)6;1-6-13(3)14-9-8-10-15(11-14)17(20)21-12-16(19)22-18(4,5)7-2;1-6-12(2)13-7-9-14(10-8-13)16(19)20-11-15(18)21-17(3,4)5;1-6-12(2)13-9-7-8-10-14(13)18-11-15(17)19-16(3,4)5/h9-12,14H,6-8,13H2,1-5H3;8-13H,7H2,1-6H3;8-11,13H,6-7,12H2,1-5H3;7-10,12H,6,11H2,1-5H3;7-10,12H,6,11H2,1-5H3. The summed E-state index contributed by atoms with van der Waals surface area (Å²) >= 11 is 0. The fourth-order valence-electron chi connectivity index (χ4n) is 9.24. The minimum atomic E-state index is -0.932. The Morgan fingerprint density at radius 2 is 0.710 bits per heavy atom. The molecule has 0 fully saturated rings. The van der Waals surface area contributed by atoms with Crippen molar-refractivity contribution < 1.29 is 90.5 Å². The zero-order valence-corrected chi connectivity index (χ0v) is 69.3. The summed E-state index contributed by atoms with van der Waals surface area (Å²) in [7, 11) is 0. The van der Waals surface area contributed by atoms with Gasteiger partial charge in [-0.1, -0.05) is 143 Å². The Bertz CT molecular complexity index is 3540. The molecule has 5 rings (SSSR count). The molecular weight excluding hydrogens is 1360 g/mol. The predicted octanol–water partition coefficient (Wildman–Crippen LogP) is 20.3. The van der Waals surface area contributed by atoms with Crippen LogP contribution in [-0.2, 0) is 66.6 Å². The van der Waals surface area contributed by atoms with Gasteiger partial charge in [0.25, 0.3) is 0 Å². The first kappa shape index (κ1) is 96.1. The molecule has 5 aromatic carbocycles. The molecule has 0 N–H and O–H groups in total. The van der Waals surface area contributed by atoms with Gasteiger partial charge < -0.3 is 47.4 Å². The average Bonchev–Trinajstić information content (AvgIpc) is 0.872. The molecule has 0 radical (unpaired) electrons. The summed E-state index contributed by atoms with van der Waals surface area (Å²) in [6.45, 7) is 49.4. The van der Waals surface area contributed by atoms with Crippen LogP contribution in [0, 0.1) is 0 Å². The molecule has 0 aliphatic heterocycles. The summed E-state index contributed by atoms with van der Waals surface area (Å²) in [4.78, 5) is 106. The molecule has 107 heavy (non-hydrogen) atoms. The third kappa shape index (κ3) is 41.2. The van der Waals surface area contributed by atoms with Gasteiger partial charge in [-0.3, -0.25) is 4.79 Å². The maximum atomic E-state index is 12.2. The first-order chi connectivity index (χ1) is 49.7. The minimum Gasteiger partial charge on any atom is -0.482 e. The maximum Gasteiger partial charge on any atom is 0.347 e. The normalized spacial score (nSPS) is 13.0. The number of rotatable bonds is 29. The summed E-state index contributed by atoms with van der Waals surface area (Å²) in [5.41, 5.74) is 4.91. The Labute approximate surface area is 639 Å². The number of carbonyl (C=O) groups is 9. The molecule has 19 nitrogen and oxygen atoms in total. The van der Waals surface area contributed by atoms with Gasteiger partial charge in [0.15, 0.2) is 25.9 Å². The van der Waals surface area contributed by atoms with Crippen molar-refractivity contribution in [2.45, 2.75) is 295 Å². The first-order valence-electron chi connectivity index (χ1n) is 37.7. The van der Waals surface area contributed by atoms with Crippen molar-refractivity contribution in [1.82, 2.24) is 0 Å². The van der Waals surface area contributed by atoms with E-state index in [4.69, 9.17) is 47.4 Å². The lowest BCUT2D eigenvalue weighted by atomic mass is 9.97. The molecule has 6 atom stereocenters. The van der Waals surface area contributed by atoms with Crippen molar-refractivity contribution in [2.75, 3.05) is 26.4 Å². The third-order valence-corrected chi connectivity index (χ3v) is 16.6. The Morgan fingerprint density at radius 1 is 0.346 bits per heavy atom. The number of para-hydroxylation sites is 1. The molecule has 594 valence electrons. The summed E-state index contributed by atoms with van der Waals surface area (Å²) in [6.07, 6.45) is 5.61. The molecule has 5 aromatic rings. The average molecular weight is 1490 g/mol. The van der Waals surface area contributed by atoms with Gasteiger partial charge in [-0.2, -0.15) is 0 Å². The smallest absolute Gasteiger partial charge is 0.347 e. The second kappa shape index (κ2) is 47.0. The van der Waals surface area contributed by atoms with Crippen LogP contribution in [0.5, 0.6) is 5.75 Å². The van der Waals surface area contributed by atoms with Crippen LogP contribution in [0.25, 0.3) is 0 Å². The molecule has 0 heterocycles. The fraction of sp³-hybridized carbons (Fsp3) is 0.557. The second-order valence-electron chi connectivity index (χ2n) is 31.2. The van der Waals surface area contributed by atoms with Crippen molar-refractivity contribution in [1.29, 1.82) is 0 Å². The highest BCUT2D eigenvalue weighted by Gasteiger charge is 2.27. The molecule has 0 bridgehead atoms. The van der Waals surface area contributed by atoms with Crippen molar-refractivity contribution >= 4 is 53.7 Å². The molecule has 0 aromatic heterocycles. The van der Waals surface area contributed by atoms with Crippen LogP contribution >= 0.6 is 0 Å². The highest BCUT2D eigenvalue weighted by Crippen LogP contribution is 2.29. The van der Waals surface area contributed by atoms with Crippen LogP contribution in [0.15, 0.2) is 121 Å². The summed E-state index contributed by atoms with van der Waals surface area (Å²) in [6, 6.07) is 37.3.